The van der Waals surface area contributed by atoms with Gasteiger partial charge in [-0.25, -0.2) is 0 Å². The van der Waals surface area contributed by atoms with E-state index in [1.54, 1.807) is 17.8 Å². The van der Waals surface area contributed by atoms with Crippen molar-refractivity contribution in [3.8, 4) is 22.2 Å². The highest BCUT2D eigenvalue weighted by molar-refractivity contribution is 7.13. The quantitative estimate of drug-likeness (QED) is 0.700. The zero-order valence-corrected chi connectivity index (χ0v) is 9.52. The Bertz CT molecular complexity index is 632. The zero-order valence-electron chi connectivity index (χ0n) is 8.70. The maximum atomic E-state index is 5.70. The number of hydrogen-bond donors (Lipinski definition) is 1. The molecular formula is C11H8N4OS. The predicted octanol–water partition coefficient (Wildman–Crippen LogP) is 2.44. The SMILES string of the molecule is Nc1cccc(-c2nc(-c3cncs3)no2)c1. The lowest BCUT2D eigenvalue weighted by Crippen LogP contribution is -1.85. The fraction of sp³-hybridized carbons (Fsp3) is 0. The van der Waals surface area contributed by atoms with Gasteiger partial charge in [0.05, 0.1) is 10.4 Å². The van der Waals surface area contributed by atoms with Crippen molar-refractivity contribution >= 4 is 17.0 Å². The van der Waals surface area contributed by atoms with Gasteiger partial charge >= 0.3 is 0 Å². The second-order valence-electron chi connectivity index (χ2n) is 3.41. The summed E-state index contributed by atoms with van der Waals surface area (Å²) < 4.78 is 5.19. The second-order valence-corrected chi connectivity index (χ2v) is 4.30. The summed E-state index contributed by atoms with van der Waals surface area (Å²) in [6.07, 6.45) is 1.71. The molecule has 3 rings (SSSR count). The molecule has 2 N–H and O–H groups in total. The van der Waals surface area contributed by atoms with Gasteiger partial charge in [0, 0.05) is 17.4 Å². The molecule has 0 amide bonds. The maximum absolute atomic E-state index is 5.70. The van der Waals surface area contributed by atoms with Crippen LogP contribution >= 0.6 is 11.3 Å². The number of hydrogen-bond acceptors (Lipinski definition) is 6. The van der Waals surface area contributed by atoms with Gasteiger partial charge in [-0.15, -0.1) is 11.3 Å². The summed E-state index contributed by atoms with van der Waals surface area (Å²) in [6.45, 7) is 0. The summed E-state index contributed by atoms with van der Waals surface area (Å²) in [5.41, 5.74) is 8.91. The second kappa shape index (κ2) is 3.99. The van der Waals surface area contributed by atoms with E-state index in [0.717, 1.165) is 10.4 Å². The number of thiazole rings is 1. The van der Waals surface area contributed by atoms with Gasteiger partial charge in [-0.05, 0) is 18.2 Å². The Labute approximate surface area is 101 Å². The zero-order chi connectivity index (χ0) is 11.7. The molecule has 84 valence electrons. The fourth-order valence-corrected chi connectivity index (χ4v) is 1.98. The fourth-order valence-electron chi connectivity index (χ4n) is 1.44. The van der Waals surface area contributed by atoms with Crippen LogP contribution in [0.4, 0.5) is 5.69 Å². The molecule has 0 bridgehead atoms. The van der Waals surface area contributed by atoms with Crippen LogP contribution in [0.2, 0.25) is 0 Å². The van der Waals surface area contributed by atoms with Gasteiger partial charge in [0.2, 0.25) is 5.82 Å². The molecule has 6 heteroatoms. The topological polar surface area (TPSA) is 77.8 Å². The van der Waals surface area contributed by atoms with Gasteiger partial charge in [0.25, 0.3) is 5.89 Å². The third kappa shape index (κ3) is 1.90. The van der Waals surface area contributed by atoms with E-state index in [-0.39, 0.29) is 0 Å². The van der Waals surface area contributed by atoms with Crippen molar-refractivity contribution in [2.75, 3.05) is 5.73 Å². The van der Waals surface area contributed by atoms with Crippen LogP contribution < -0.4 is 5.73 Å². The van der Waals surface area contributed by atoms with Crippen molar-refractivity contribution in [1.82, 2.24) is 15.1 Å². The molecule has 5 nitrogen and oxygen atoms in total. The van der Waals surface area contributed by atoms with Crippen LogP contribution in [-0.2, 0) is 0 Å². The molecule has 0 radical (unpaired) electrons. The Morgan fingerprint density at radius 2 is 2.24 bits per heavy atom. The Morgan fingerprint density at radius 3 is 3.00 bits per heavy atom. The number of rotatable bonds is 2. The summed E-state index contributed by atoms with van der Waals surface area (Å²) in [5, 5.41) is 3.91. The highest BCUT2D eigenvalue weighted by atomic mass is 32.1. The van der Waals surface area contributed by atoms with Crippen LogP contribution in [0.15, 0.2) is 40.5 Å². The average Bonchev–Trinajstić information content (AvgIpc) is 3.00. The molecule has 0 aliphatic carbocycles. The summed E-state index contributed by atoms with van der Waals surface area (Å²) in [4.78, 5) is 9.15. The Balaban J connectivity index is 2.01. The normalized spacial score (nSPS) is 10.6. The number of anilines is 1. The van der Waals surface area contributed by atoms with Crippen molar-refractivity contribution in [3.05, 3.63) is 36.0 Å². The number of nitrogens with zero attached hydrogens (tertiary/aromatic N) is 3. The Hall–Kier alpha value is -2.21. The third-order valence-corrected chi connectivity index (χ3v) is 2.98. The number of benzene rings is 1. The number of nitrogen functional groups attached to an aromatic ring is 1. The van der Waals surface area contributed by atoms with E-state index in [2.05, 4.69) is 15.1 Å². The Morgan fingerprint density at radius 1 is 1.29 bits per heavy atom. The molecular weight excluding hydrogens is 236 g/mol. The van der Waals surface area contributed by atoms with Crippen LogP contribution in [-0.4, -0.2) is 15.1 Å². The molecule has 17 heavy (non-hydrogen) atoms. The van der Waals surface area contributed by atoms with Crippen LogP contribution in [0.5, 0.6) is 0 Å². The molecule has 2 heterocycles. The molecule has 0 fully saturated rings. The summed E-state index contributed by atoms with van der Waals surface area (Å²) in [6, 6.07) is 7.33. The first-order valence-electron chi connectivity index (χ1n) is 4.91. The molecule has 0 unspecified atom stereocenters. The first kappa shape index (κ1) is 9.98. The van der Waals surface area contributed by atoms with E-state index in [9.17, 15) is 0 Å². The molecule has 1 aromatic carbocycles. The lowest BCUT2D eigenvalue weighted by atomic mass is 10.2. The van der Waals surface area contributed by atoms with Crippen molar-refractivity contribution in [2.24, 2.45) is 0 Å². The van der Waals surface area contributed by atoms with E-state index in [1.807, 2.05) is 18.2 Å². The first-order chi connectivity index (χ1) is 8.33. The maximum Gasteiger partial charge on any atom is 0.258 e. The van der Waals surface area contributed by atoms with E-state index < -0.39 is 0 Å². The lowest BCUT2D eigenvalue weighted by Gasteiger charge is -1.94. The molecule has 0 saturated carbocycles. The summed E-state index contributed by atoms with van der Waals surface area (Å²) >= 11 is 1.47. The monoisotopic (exact) mass is 244 g/mol. The van der Waals surface area contributed by atoms with E-state index in [0.29, 0.717) is 17.4 Å². The van der Waals surface area contributed by atoms with Crippen LogP contribution in [0.25, 0.3) is 22.2 Å². The van der Waals surface area contributed by atoms with Crippen molar-refractivity contribution in [2.45, 2.75) is 0 Å². The first-order valence-corrected chi connectivity index (χ1v) is 5.79. The van der Waals surface area contributed by atoms with Crippen molar-refractivity contribution in [3.63, 3.8) is 0 Å². The van der Waals surface area contributed by atoms with Crippen LogP contribution in [0.3, 0.4) is 0 Å². The lowest BCUT2D eigenvalue weighted by molar-refractivity contribution is 0.432. The minimum absolute atomic E-state index is 0.459. The molecule has 0 atom stereocenters. The van der Waals surface area contributed by atoms with Crippen LogP contribution in [0.1, 0.15) is 0 Å². The number of aromatic nitrogens is 3. The molecule has 0 spiro atoms. The number of nitrogens with two attached hydrogens (primary N) is 1. The predicted molar refractivity (Wildman–Crippen MR) is 65.3 cm³/mol. The highest BCUT2D eigenvalue weighted by Gasteiger charge is 2.11. The van der Waals surface area contributed by atoms with Crippen molar-refractivity contribution < 1.29 is 4.52 Å². The Kier molecular flexibility index (Phi) is 2.34. The molecule has 0 aliphatic rings. The van der Waals surface area contributed by atoms with E-state index >= 15 is 0 Å². The van der Waals surface area contributed by atoms with Gasteiger partial charge < -0.3 is 10.3 Å². The van der Waals surface area contributed by atoms with E-state index in [1.165, 1.54) is 11.3 Å². The van der Waals surface area contributed by atoms with Gasteiger partial charge in [0.1, 0.15) is 0 Å². The van der Waals surface area contributed by atoms with Crippen LogP contribution in [0, 0.1) is 0 Å². The molecule has 0 aliphatic heterocycles. The van der Waals surface area contributed by atoms with E-state index in [4.69, 9.17) is 10.3 Å². The molecule has 3 aromatic rings. The highest BCUT2D eigenvalue weighted by Crippen LogP contribution is 2.25. The molecule has 0 saturated heterocycles. The third-order valence-electron chi connectivity index (χ3n) is 2.21. The standard InChI is InChI=1S/C11H8N4OS/c12-8-3-1-2-7(4-8)11-14-10(15-16-11)9-5-13-6-17-9/h1-6H,12H2. The van der Waals surface area contributed by atoms with Gasteiger partial charge in [-0.3, -0.25) is 4.98 Å². The minimum Gasteiger partial charge on any atom is -0.399 e. The summed E-state index contributed by atoms with van der Waals surface area (Å²) in [5.74, 6) is 1.01. The summed E-state index contributed by atoms with van der Waals surface area (Å²) in [7, 11) is 0. The van der Waals surface area contributed by atoms with Gasteiger partial charge in [0.15, 0.2) is 0 Å². The smallest absolute Gasteiger partial charge is 0.258 e. The molecule has 2 aromatic heterocycles. The van der Waals surface area contributed by atoms with Crippen molar-refractivity contribution in [1.29, 1.82) is 0 Å². The average molecular weight is 244 g/mol. The minimum atomic E-state index is 0.459. The van der Waals surface area contributed by atoms with Gasteiger partial charge in [-0.1, -0.05) is 11.2 Å². The largest absolute Gasteiger partial charge is 0.399 e. The van der Waals surface area contributed by atoms with Gasteiger partial charge in [-0.2, -0.15) is 4.98 Å².